The standard InChI is InChI=1S/C30H41N11O2S/c1-21-14-31-30(35-26-8-9-40(16-22(26)2)44(42,43)28-19-38(5)20-32-28)36-29(21)24-15-33-41(17-24)27-7-6-25(34-23(27)3)18-39-12-10-37(4)11-13-39/h6-7,14-15,17,19-20,22,26H,8-13,16,18H2,1-5H3,(H,31,35,36)/t22-,26+/m1/s1. The Morgan fingerprint density at radius 2 is 1.77 bits per heavy atom. The van der Waals surface area contributed by atoms with Crippen LogP contribution in [0.2, 0.25) is 0 Å². The number of pyridine rings is 1. The highest BCUT2D eigenvalue weighted by atomic mass is 32.2. The molecule has 2 atom stereocenters. The quantitative estimate of drug-likeness (QED) is 0.314. The molecule has 0 saturated carbocycles. The van der Waals surface area contributed by atoms with Crippen molar-refractivity contribution < 1.29 is 8.42 Å². The monoisotopic (exact) mass is 619 g/mol. The Hall–Kier alpha value is -3.72. The molecule has 0 spiro atoms. The van der Waals surface area contributed by atoms with Gasteiger partial charge in [0.15, 0.2) is 5.03 Å². The van der Waals surface area contributed by atoms with Gasteiger partial charge in [0.1, 0.15) is 0 Å². The Morgan fingerprint density at radius 1 is 0.977 bits per heavy atom. The lowest BCUT2D eigenvalue weighted by Crippen LogP contribution is -2.47. The molecule has 44 heavy (non-hydrogen) atoms. The summed E-state index contributed by atoms with van der Waals surface area (Å²) in [5.74, 6) is 0.565. The lowest BCUT2D eigenvalue weighted by Gasteiger charge is -2.36. The minimum absolute atomic E-state index is 0.0292. The van der Waals surface area contributed by atoms with E-state index in [4.69, 9.17) is 9.97 Å². The Labute approximate surface area is 259 Å². The fourth-order valence-electron chi connectivity index (χ4n) is 5.91. The topological polar surface area (TPSA) is 130 Å². The largest absolute Gasteiger partial charge is 0.351 e. The zero-order valence-corrected chi connectivity index (χ0v) is 26.9. The fraction of sp³-hybridized carbons (Fsp3) is 0.500. The van der Waals surface area contributed by atoms with Crippen LogP contribution >= 0.6 is 0 Å². The van der Waals surface area contributed by atoms with Crippen LogP contribution in [-0.4, -0.2) is 109 Å². The first-order valence-corrected chi connectivity index (χ1v) is 16.5. The van der Waals surface area contributed by atoms with Gasteiger partial charge in [0, 0.05) is 83.1 Å². The maximum absolute atomic E-state index is 13.1. The molecule has 2 saturated heterocycles. The first-order chi connectivity index (χ1) is 21.1. The van der Waals surface area contributed by atoms with Gasteiger partial charge in [-0.15, -0.1) is 0 Å². The van der Waals surface area contributed by atoms with Gasteiger partial charge in [-0.3, -0.25) is 9.88 Å². The Balaban J connectivity index is 1.12. The molecule has 0 aliphatic carbocycles. The molecule has 0 aromatic carbocycles. The van der Waals surface area contributed by atoms with Crippen molar-refractivity contribution in [3.05, 3.63) is 60.2 Å². The summed E-state index contributed by atoms with van der Waals surface area (Å²) in [6, 6.07) is 4.21. The number of anilines is 1. The van der Waals surface area contributed by atoms with Crippen molar-refractivity contribution in [2.24, 2.45) is 13.0 Å². The summed E-state index contributed by atoms with van der Waals surface area (Å²) in [6.07, 6.45) is 9.29. The molecule has 0 radical (unpaired) electrons. The van der Waals surface area contributed by atoms with Crippen molar-refractivity contribution in [1.82, 2.24) is 48.4 Å². The van der Waals surface area contributed by atoms with Gasteiger partial charge in [0.05, 0.1) is 35.3 Å². The van der Waals surface area contributed by atoms with Crippen molar-refractivity contribution in [3.8, 4) is 16.9 Å². The summed E-state index contributed by atoms with van der Waals surface area (Å²) in [7, 11) is 0.298. The Kier molecular flexibility index (Phi) is 8.51. The van der Waals surface area contributed by atoms with E-state index in [9.17, 15) is 8.42 Å². The molecule has 6 rings (SSSR count). The van der Waals surface area contributed by atoms with Gasteiger partial charge in [-0.05, 0) is 50.9 Å². The number of likely N-dealkylation sites (N-methyl/N-ethyl adjacent to an activating group) is 1. The summed E-state index contributed by atoms with van der Waals surface area (Å²) in [6.45, 7) is 12.0. The summed E-state index contributed by atoms with van der Waals surface area (Å²) in [4.78, 5) is 23.2. The SMILES string of the molecule is Cc1cnc(N[C@H]2CCN(S(=O)(=O)c3cn(C)cn3)C[C@H]2C)nc1-c1cnn(-c2ccc(CN3CCN(C)CC3)nc2C)c1. The van der Waals surface area contributed by atoms with E-state index < -0.39 is 10.0 Å². The van der Waals surface area contributed by atoms with E-state index in [-0.39, 0.29) is 17.0 Å². The number of rotatable bonds is 8. The van der Waals surface area contributed by atoms with Crippen molar-refractivity contribution >= 4 is 16.0 Å². The van der Waals surface area contributed by atoms with Gasteiger partial charge < -0.3 is 14.8 Å². The Morgan fingerprint density at radius 3 is 2.48 bits per heavy atom. The van der Waals surface area contributed by atoms with Gasteiger partial charge in [0.2, 0.25) is 5.95 Å². The average molecular weight is 620 g/mol. The molecule has 2 aliphatic rings. The minimum atomic E-state index is -3.63. The maximum Gasteiger partial charge on any atom is 0.262 e. The second kappa shape index (κ2) is 12.3. The molecule has 0 bridgehead atoms. The second-order valence-electron chi connectivity index (χ2n) is 12.1. The fourth-order valence-corrected chi connectivity index (χ4v) is 7.43. The third-order valence-electron chi connectivity index (χ3n) is 8.64. The predicted octanol–water partition coefficient (Wildman–Crippen LogP) is 2.33. The van der Waals surface area contributed by atoms with E-state index in [0.29, 0.717) is 25.5 Å². The van der Waals surface area contributed by atoms with Crippen LogP contribution in [0.5, 0.6) is 0 Å². The van der Waals surface area contributed by atoms with Crippen LogP contribution in [0.25, 0.3) is 16.9 Å². The van der Waals surface area contributed by atoms with Gasteiger partial charge >= 0.3 is 0 Å². The van der Waals surface area contributed by atoms with E-state index in [0.717, 1.165) is 66.6 Å². The molecule has 13 nitrogen and oxygen atoms in total. The minimum Gasteiger partial charge on any atom is -0.351 e. The van der Waals surface area contributed by atoms with E-state index >= 15 is 0 Å². The number of imidazole rings is 1. The van der Waals surface area contributed by atoms with Crippen LogP contribution in [0.4, 0.5) is 5.95 Å². The number of sulfonamides is 1. The van der Waals surface area contributed by atoms with Crippen LogP contribution < -0.4 is 5.32 Å². The molecule has 14 heteroatoms. The highest BCUT2D eigenvalue weighted by molar-refractivity contribution is 7.89. The molecule has 4 aromatic heterocycles. The van der Waals surface area contributed by atoms with Crippen molar-refractivity contribution in [1.29, 1.82) is 0 Å². The third-order valence-corrected chi connectivity index (χ3v) is 10.4. The molecule has 0 amide bonds. The summed E-state index contributed by atoms with van der Waals surface area (Å²) in [5.41, 5.74) is 5.56. The normalized spacial score (nSPS) is 20.7. The molecule has 234 valence electrons. The van der Waals surface area contributed by atoms with E-state index in [2.05, 4.69) is 49.4 Å². The first kappa shape index (κ1) is 30.3. The molecule has 2 fully saturated rings. The highest BCUT2D eigenvalue weighted by Gasteiger charge is 2.35. The summed E-state index contributed by atoms with van der Waals surface area (Å²) in [5, 5.41) is 8.19. The lowest BCUT2D eigenvalue weighted by molar-refractivity contribution is 0.147. The lowest BCUT2D eigenvalue weighted by atomic mass is 9.95. The molecule has 2 aliphatic heterocycles. The number of hydrogen-bond acceptors (Lipinski definition) is 10. The van der Waals surface area contributed by atoms with Crippen LogP contribution in [0, 0.1) is 19.8 Å². The zero-order valence-electron chi connectivity index (χ0n) is 26.0. The molecular weight excluding hydrogens is 578 g/mol. The molecule has 4 aromatic rings. The van der Waals surface area contributed by atoms with Gasteiger partial charge in [-0.25, -0.2) is 28.1 Å². The highest BCUT2D eigenvalue weighted by Crippen LogP contribution is 2.27. The van der Waals surface area contributed by atoms with Gasteiger partial charge in [0.25, 0.3) is 10.0 Å². The van der Waals surface area contributed by atoms with Crippen LogP contribution in [0.1, 0.15) is 30.3 Å². The number of nitrogens with one attached hydrogen (secondary N) is 1. The van der Waals surface area contributed by atoms with Crippen LogP contribution in [0.3, 0.4) is 0 Å². The molecular formula is C30H41N11O2S. The number of hydrogen-bond donors (Lipinski definition) is 1. The van der Waals surface area contributed by atoms with E-state index in [1.165, 1.54) is 16.8 Å². The van der Waals surface area contributed by atoms with Crippen molar-refractivity contribution in [3.63, 3.8) is 0 Å². The molecule has 1 N–H and O–H groups in total. The Bertz CT molecular complexity index is 1730. The first-order valence-electron chi connectivity index (χ1n) is 15.1. The van der Waals surface area contributed by atoms with Crippen LogP contribution in [0.15, 0.2) is 48.3 Å². The van der Waals surface area contributed by atoms with Crippen LogP contribution in [-0.2, 0) is 23.6 Å². The zero-order chi connectivity index (χ0) is 31.0. The smallest absolute Gasteiger partial charge is 0.262 e. The van der Waals surface area contributed by atoms with Gasteiger partial charge in [-0.1, -0.05) is 6.92 Å². The third kappa shape index (κ3) is 6.39. The summed E-state index contributed by atoms with van der Waals surface area (Å²) >= 11 is 0. The number of aryl methyl sites for hydroxylation is 3. The number of piperazine rings is 1. The van der Waals surface area contributed by atoms with E-state index in [1.54, 1.807) is 11.6 Å². The summed E-state index contributed by atoms with van der Waals surface area (Å²) < 4.78 is 31.2. The maximum atomic E-state index is 13.1. The number of aromatic nitrogens is 7. The van der Waals surface area contributed by atoms with Gasteiger partial charge in [-0.2, -0.15) is 9.40 Å². The van der Waals surface area contributed by atoms with E-state index in [1.807, 2.05) is 44.0 Å². The molecule has 0 unspecified atom stereocenters. The molecule has 6 heterocycles. The number of nitrogens with zero attached hydrogens (tertiary/aromatic N) is 10. The predicted molar refractivity (Wildman–Crippen MR) is 168 cm³/mol. The van der Waals surface area contributed by atoms with Crippen molar-refractivity contribution in [2.45, 2.75) is 44.8 Å². The second-order valence-corrected chi connectivity index (χ2v) is 14.0. The average Bonchev–Trinajstić information content (AvgIpc) is 3.66. The number of piperidine rings is 1. The van der Waals surface area contributed by atoms with Crippen molar-refractivity contribution in [2.75, 3.05) is 51.6 Å².